The molecule has 0 aliphatic heterocycles. The minimum absolute atomic E-state index is 0.262. The summed E-state index contributed by atoms with van der Waals surface area (Å²) in [6.45, 7) is 11.1. The highest BCUT2D eigenvalue weighted by Gasteiger charge is 2.20. The molecule has 0 radical (unpaired) electrons. The first-order valence-corrected chi connectivity index (χ1v) is 5.27. The van der Waals surface area contributed by atoms with Gasteiger partial charge in [0.2, 0.25) is 0 Å². The molecule has 0 spiro atoms. The molecule has 1 amide bonds. The van der Waals surface area contributed by atoms with Gasteiger partial charge in [-0.1, -0.05) is 0 Å². The van der Waals surface area contributed by atoms with Gasteiger partial charge < -0.3 is 4.42 Å². The average molecular weight is 225 g/mol. The first kappa shape index (κ1) is 12.8. The molecule has 4 nitrogen and oxygen atoms in total. The number of amides is 1. The Bertz CT molecular complexity index is 399. The molecule has 0 unspecified atom stereocenters. The monoisotopic (exact) mass is 225 g/mol. The maximum Gasteiger partial charge on any atom is 0.278 e. The summed E-state index contributed by atoms with van der Waals surface area (Å²) in [7, 11) is 0. The number of carbonyl (C=O) groups is 1. The van der Waals surface area contributed by atoms with Crippen molar-refractivity contribution in [2.75, 3.05) is 0 Å². The van der Waals surface area contributed by atoms with Gasteiger partial charge in [-0.2, -0.15) is 0 Å². The molecule has 0 aromatic carbocycles. The summed E-state index contributed by atoms with van der Waals surface area (Å²) >= 11 is 0. The molecule has 0 saturated heterocycles. The van der Waals surface area contributed by atoms with Gasteiger partial charge in [0.05, 0.1) is 11.2 Å². The van der Waals surface area contributed by atoms with Crippen molar-refractivity contribution in [3.8, 4) is 0 Å². The second-order valence-electron chi connectivity index (χ2n) is 4.86. The zero-order valence-corrected chi connectivity index (χ0v) is 10.7. The SMILES string of the molecule is Cc1oc(C)c(C(=O)NOC(C)(C)C)c1C. The van der Waals surface area contributed by atoms with Gasteiger partial charge in [0.15, 0.2) is 0 Å². The summed E-state index contributed by atoms with van der Waals surface area (Å²) in [5.74, 6) is 1.12. The molecular formula is C12H19NO3. The van der Waals surface area contributed by atoms with E-state index in [-0.39, 0.29) is 5.91 Å². The third kappa shape index (κ3) is 2.85. The molecule has 0 bridgehead atoms. The second kappa shape index (κ2) is 4.29. The molecule has 0 aliphatic rings. The Morgan fingerprint density at radius 1 is 1.19 bits per heavy atom. The number of nitrogens with one attached hydrogen (secondary N) is 1. The highest BCUT2D eigenvalue weighted by molar-refractivity contribution is 5.96. The van der Waals surface area contributed by atoms with Crippen LogP contribution in [0.3, 0.4) is 0 Å². The van der Waals surface area contributed by atoms with E-state index in [4.69, 9.17) is 9.25 Å². The molecule has 4 heteroatoms. The van der Waals surface area contributed by atoms with E-state index in [1.54, 1.807) is 6.92 Å². The Morgan fingerprint density at radius 3 is 2.12 bits per heavy atom. The van der Waals surface area contributed by atoms with Crippen molar-refractivity contribution in [3.05, 3.63) is 22.6 Å². The molecule has 0 saturated carbocycles. The highest BCUT2D eigenvalue weighted by Crippen LogP contribution is 2.20. The van der Waals surface area contributed by atoms with E-state index in [2.05, 4.69) is 5.48 Å². The first-order chi connectivity index (χ1) is 7.22. The van der Waals surface area contributed by atoms with Crippen LogP contribution in [0, 0.1) is 20.8 Å². The third-order valence-electron chi connectivity index (χ3n) is 2.24. The van der Waals surface area contributed by atoms with Crippen LogP contribution in [0.4, 0.5) is 0 Å². The standard InChI is InChI=1S/C12H19NO3/c1-7-8(2)15-9(3)10(7)11(14)13-16-12(4,5)6/h1-6H3,(H,13,14). The lowest BCUT2D eigenvalue weighted by Crippen LogP contribution is -2.33. The lowest BCUT2D eigenvalue weighted by atomic mass is 10.1. The fraction of sp³-hybridized carbons (Fsp3) is 0.583. The van der Waals surface area contributed by atoms with E-state index >= 15 is 0 Å². The number of rotatable bonds is 2. The molecule has 1 aromatic heterocycles. The van der Waals surface area contributed by atoms with Gasteiger partial charge in [0.25, 0.3) is 5.91 Å². The molecule has 1 N–H and O–H groups in total. The van der Waals surface area contributed by atoms with E-state index in [1.807, 2.05) is 34.6 Å². The van der Waals surface area contributed by atoms with Crippen LogP contribution in [0.5, 0.6) is 0 Å². The van der Waals surface area contributed by atoms with E-state index in [1.165, 1.54) is 0 Å². The summed E-state index contributed by atoms with van der Waals surface area (Å²) in [5.41, 5.74) is 3.44. The van der Waals surface area contributed by atoms with Crippen molar-refractivity contribution in [2.24, 2.45) is 0 Å². The smallest absolute Gasteiger partial charge is 0.278 e. The number of hydroxylamine groups is 1. The van der Waals surface area contributed by atoms with Crippen molar-refractivity contribution in [1.82, 2.24) is 5.48 Å². The van der Waals surface area contributed by atoms with Crippen LogP contribution in [-0.4, -0.2) is 11.5 Å². The zero-order valence-electron chi connectivity index (χ0n) is 10.7. The summed E-state index contributed by atoms with van der Waals surface area (Å²) in [6, 6.07) is 0. The van der Waals surface area contributed by atoms with Gasteiger partial charge in [0, 0.05) is 5.56 Å². The van der Waals surface area contributed by atoms with Gasteiger partial charge >= 0.3 is 0 Å². The molecule has 0 aliphatic carbocycles. The predicted molar refractivity (Wildman–Crippen MR) is 61.2 cm³/mol. The fourth-order valence-electron chi connectivity index (χ4n) is 1.38. The number of aryl methyl sites for hydroxylation is 2. The number of carbonyl (C=O) groups excluding carboxylic acids is 1. The minimum atomic E-state index is -0.406. The summed E-state index contributed by atoms with van der Waals surface area (Å²) in [4.78, 5) is 17.1. The van der Waals surface area contributed by atoms with Crippen molar-refractivity contribution >= 4 is 5.91 Å². The average Bonchev–Trinajstić information content (AvgIpc) is 2.36. The van der Waals surface area contributed by atoms with Crippen molar-refractivity contribution in [3.63, 3.8) is 0 Å². The molecule has 0 fully saturated rings. The Kier molecular flexibility index (Phi) is 3.43. The van der Waals surface area contributed by atoms with Crippen LogP contribution in [-0.2, 0) is 4.84 Å². The highest BCUT2D eigenvalue weighted by atomic mass is 16.7. The number of furan rings is 1. The Balaban J connectivity index is 2.81. The van der Waals surface area contributed by atoms with Crippen LogP contribution in [0.25, 0.3) is 0 Å². The maximum atomic E-state index is 11.9. The summed E-state index contributed by atoms with van der Waals surface area (Å²) < 4.78 is 5.38. The van der Waals surface area contributed by atoms with Crippen molar-refractivity contribution in [1.29, 1.82) is 0 Å². The molecule has 1 aromatic rings. The van der Waals surface area contributed by atoms with Crippen LogP contribution in [0.15, 0.2) is 4.42 Å². The molecule has 1 heterocycles. The number of hydrogen-bond acceptors (Lipinski definition) is 3. The summed E-state index contributed by atoms with van der Waals surface area (Å²) in [5, 5.41) is 0. The quantitative estimate of drug-likeness (QED) is 0.787. The zero-order chi connectivity index (χ0) is 12.5. The Hall–Kier alpha value is -1.29. The fourth-order valence-corrected chi connectivity index (χ4v) is 1.38. The van der Waals surface area contributed by atoms with Crippen LogP contribution in [0.1, 0.15) is 48.2 Å². The Morgan fingerprint density at radius 2 is 1.75 bits per heavy atom. The summed E-state index contributed by atoms with van der Waals surface area (Å²) in [6.07, 6.45) is 0. The van der Waals surface area contributed by atoms with E-state index in [0.717, 1.165) is 11.3 Å². The maximum absolute atomic E-state index is 11.9. The van der Waals surface area contributed by atoms with Gasteiger partial charge in [-0.05, 0) is 41.5 Å². The van der Waals surface area contributed by atoms with Gasteiger partial charge in [0.1, 0.15) is 11.5 Å². The molecular weight excluding hydrogens is 206 g/mol. The van der Waals surface area contributed by atoms with Gasteiger partial charge in [-0.3, -0.25) is 9.63 Å². The molecule has 0 atom stereocenters. The van der Waals surface area contributed by atoms with Crippen LogP contribution >= 0.6 is 0 Å². The van der Waals surface area contributed by atoms with E-state index in [9.17, 15) is 4.79 Å². The molecule has 90 valence electrons. The topological polar surface area (TPSA) is 51.5 Å². The second-order valence-corrected chi connectivity index (χ2v) is 4.86. The number of hydrogen-bond donors (Lipinski definition) is 1. The Labute approximate surface area is 95.9 Å². The van der Waals surface area contributed by atoms with Crippen LogP contribution in [0.2, 0.25) is 0 Å². The van der Waals surface area contributed by atoms with E-state index < -0.39 is 5.60 Å². The predicted octanol–water partition coefficient (Wildman–Crippen LogP) is 2.66. The lowest BCUT2D eigenvalue weighted by molar-refractivity contribution is -0.0590. The van der Waals surface area contributed by atoms with Crippen molar-refractivity contribution < 1.29 is 14.0 Å². The molecule has 1 rings (SSSR count). The minimum Gasteiger partial charge on any atom is -0.466 e. The van der Waals surface area contributed by atoms with Crippen molar-refractivity contribution in [2.45, 2.75) is 47.1 Å². The normalized spacial score (nSPS) is 11.6. The van der Waals surface area contributed by atoms with Crippen LogP contribution < -0.4 is 5.48 Å². The molecule has 16 heavy (non-hydrogen) atoms. The first-order valence-electron chi connectivity index (χ1n) is 5.27. The van der Waals surface area contributed by atoms with E-state index in [0.29, 0.717) is 11.3 Å². The largest absolute Gasteiger partial charge is 0.466 e. The van der Waals surface area contributed by atoms with Gasteiger partial charge in [-0.25, -0.2) is 5.48 Å². The van der Waals surface area contributed by atoms with Gasteiger partial charge in [-0.15, -0.1) is 0 Å². The third-order valence-corrected chi connectivity index (χ3v) is 2.24. The lowest BCUT2D eigenvalue weighted by Gasteiger charge is -2.18.